The molecule has 0 fully saturated rings. The average Bonchev–Trinajstić information content (AvgIpc) is 2.67. The third-order valence-corrected chi connectivity index (χ3v) is 1.11. The highest BCUT2D eigenvalue weighted by Crippen LogP contribution is 2.07. The molecule has 1 aromatic heterocycles. The third-order valence-electron chi connectivity index (χ3n) is 1.11. The van der Waals surface area contributed by atoms with Gasteiger partial charge in [0, 0.05) is 0 Å². The van der Waals surface area contributed by atoms with E-state index in [9.17, 15) is 10.1 Å². The zero-order valence-corrected chi connectivity index (χ0v) is 7.52. The van der Waals surface area contributed by atoms with Gasteiger partial charge < -0.3 is 15.8 Å². The van der Waals surface area contributed by atoms with Gasteiger partial charge in [0.15, 0.2) is 0 Å². The maximum Gasteiger partial charge on any atom is 0.455 e. The van der Waals surface area contributed by atoms with Crippen molar-refractivity contribution in [3.8, 4) is 6.19 Å². The molecule has 0 aliphatic rings. The molecule has 0 unspecified atom stereocenters. The van der Waals surface area contributed by atoms with Crippen molar-refractivity contribution in [1.82, 2.24) is 20.6 Å². The average molecular weight is 224 g/mol. The summed E-state index contributed by atoms with van der Waals surface area (Å²) in [7, 11) is 0. The number of aromatic amines is 1. The van der Waals surface area contributed by atoms with E-state index in [0.29, 0.717) is 0 Å². The first kappa shape index (κ1) is 11.0. The fourth-order valence-corrected chi connectivity index (χ4v) is 0.571. The van der Waals surface area contributed by atoms with Gasteiger partial charge in [0.1, 0.15) is 0 Å². The topological polar surface area (TPSA) is 184 Å². The Balaban J connectivity index is 2.60. The minimum Gasteiger partial charge on any atom is -0.390 e. The Morgan fingerprint density at radius 1 is 1.75 bits per heavy atom. The van der Waals surface area contributed by atoms with Gasteiger partial charge in [-0.25, -0.2) is 5.43 Å². The molecule has 1 aromatic rings. The molecule has 0 spiro atoms. The highest BCUT2D eigenvalue weighted by Gasteiger charge is 2.12. The number of nitrogens with one attached hydrogen (secondary N) is 2. The van der Waals surface area contributed by atoms with E-state index >= 15 is 0 Å². The molecular formula is C4H4N10O2. The van der Waals surface area contributed by atoms with Gasteiger partial charge in [-0.2, -0.15) is 5.26 Å². The van der Waals surface area contributed by atoms with Crippen LogP contribution in [0, 0.1) is 21.6 Å². The van der Waals surface area contributed by atoms with Gasteiger partial charge in [0.25, 0.3) is 0 Å². The molecule has 0 aromatic carbocycles. The third kappa shape index (κ3) is 2.99. The number of H-pyrrole nitrogens is 1. The Labute approximate surface area is 87.0 Å². The normalized spacial score (nSPS) is 11.3. The van der Waals surface area contributed by atoms with Crippen LogP contribution in [0.25, 0.3) is 0 Å². The fourth-order valence-electron chi connectivity index (χ4n) is 0.571. The van der Waals surface area contributed by atoms with Crippen molar-refractivity contribution >= 4 is 17.9 Å². The van der Waals surface area contributed by atoms with Crippen molar-refractivity contribution < 1.29 is 4.92 Å². The van der Waals surface area contributed by atoms with Gasteiger partial charge in [0.05, 0.1) is 0 Å². The number of rotatable bonds is 3. The van der Waals surface area contributed by atoms with Crippen LogP contribution in [0.4, 0.5) is 11.9 Å². The van der Waals surface area contributed by atoms with Crippen LogP contribution in [0.15, 0.2) is 15.3 Å². The molecule has 0 amide bonds. The monoisotopic (exact) mass is 224 g/mol. The summed E-state index contributed by atoms with van der Waals surface area (Å²) in [6.07, 6.45) is 1.41. The Kier molecular flexibility index (Phi) is 3.40. The lowest BCUT2D eigenvalue weighted by Crippen LogP contribution is -2.26. The first-order valence-corrected chi connectivity index (χ1v) is 3.59. The second-order valence-electron chi connectivity index (χ2n) is 2.12. The summed E-state index contributed by atoms with van der Waals surface area (Å²) in [4.78, 5) is 15.8. The Hall–Kier alpha value is -3.10. The van der Waals surface area contributed by atoms with Crippen molar-refractivity contribution in [3.63, 3.8) is 0 Å². The van der Waals surface area contributed by atoms with Crippen molar-refractivity contribution in [2.24, 2.45) is 21.1 Å². The number of nitro groups is 1. The summed E-state index contributed by atoms with van der Waals surface area (Å²) in [5, 5.41) is 30.2. The van der Waals surface area contributed by atoms with E-state index in [-0.39, 0.29) is 11.9 Å². The molecular weight excluding hydrogens is 220 g/mol. The van der Waals surface area contributed by atoms with E-state index in [2.05, 4.69) is 30.8 Å². The lowest BCUT2D eigenvalue weighted by Gasteiger charge is -1.89. The molecule has 1 rings (SSSR count). The van der Waals surface area contributed by atoms with Gasteiger partial charge in [-0.15, -0.1) is 10.1 Å². The van der Waals surface area contributed by atoms with Crippen LogP contribution in [0.3, 0.4) is 0 Å². The van der Waals surface area contributed by atoms with Crippen LogP contribution in [0.5, 0.6) is 0 Å². The first-order valence-electron chi connectivity index (χ1n) is 3.59. The summed E-state index contributed by atoms with van der Waals surface area (Å²) in [5.41, 5.74) is 7.18. The summed E-state index contributed by atoms with van der Waals surface area (Å²) in [6, 6.07) is 0. The summed E-state index contributed by atoms with van der Waals surface area (Å²) < 4.78 is 0. The molecule has 82 valence electrons. The number of guanidine groups is 1. The molecule has 0 radical (unpaired) electrons. The van der Waals surface area contributed by atoms with Crippen molar-refractivity contribution in [2.75, 3.05) is 0 Å². The standard InChI is InChI=1S/C4H4N10O2/c5-1-7-2(6)9-13-11-3-8-4(12-10-3)14(15)16/h(H4,6,7,8,9,10,11,12). The van der Waals surface area contributed by atoms with Gasteiger partial charge in [-0.1, -0.05) is 15.4 Å². The summed E-state index contributed by atoms with van der Waals surface area (Å²) >= 11 is 0. The van der Waals surface area contributed by atoms with Gasteiger partial charge in [-0.3, -0.25) is 0 Å². The molecule has 0 bridgehead atoms. The van der Waals surface area contributed by atoms with Gasteiger partial charge >= 0.3 is 11.9 Å². The SMILES string of the molecule is N#CN=C(N)NN=Nc1n[nH]c([N+](=O)[O-])n1. The number of nitrogens with zero attached hydrogens (tertiary/aromatic N) is 7. The Bertz CT molecular complexity index is 479. The molecule has 1 heterocycles. The van der Waals surface area contributed by atoms with E-state index in [0.717, 1.165) is 0 Å². The fraction of sp³-hybridized carbons (Fsp3) is 0. The second kappa shape index (κ2) is 4.95. The Morgan fingerprint density at radius 2 is 2.50 bits per heavy atom. The number of nitriles is 1. The molecule has 0 saturated heterocycles. The van der Waals surface area contributed by atoms with Gasteiger partial charge in [-0.05, 0) is 9.91 Å². The van der Waals surface area contributed by atoms with E-state index in [1.54, 1.807) is 0 Å². The van der Waals surface area contributed by atoms with Crippen LogP contribution in [0.2, 0.25) is 0 Å². The smallest absolute Gasteiger partial charge is 0.390 e. The van der Waals surface area contributed by atoms with Crippen LogP contribution in [-0.2, 0) is 0 Å². The van der Waals surface area contributed by atoms with Crippen LogP contribution in [-0.4, -0.2) is 26.1 Å². The van der Waals surface area contributed by atoms with Crippen LogP contribution in [0.1, 0.15) is 0 Å². The highest BCUT2D eigenvalue weighted by atomic mass is 16.6. The number of hydrogen-bond acceptors (Lipinski definition) is 8. The Morgan fingerprint density at radius 3 is 3.06 bits per heavy atom. The van der Waals surface area contributed by atoms with E-state index in [4.69, 9.17) is 11.0 Å². The molecule has 0 aliphatic heterocycles. The lowest BCUT2D eigenvalue weighted by molar-refractivity contribution is -0.394. The second-order valence-corrected chi connectivity index (χ2v) is 2.12. The first-order chi connectivity index (χ1) is 7.63. The van der Waals surface area contributed by atoms with E-state index in [1.165, 1.54) is 6.19 Å². The quantitative estimate of drug-likeness (QED) is 0.148. The van der Waals surface area contributed by atoms with Crippen molar-refractivity contribution in [3.05, 3.63) is 10.1 Å². The molecule has 4 N–H and O–H groups in total. The maximum absolute atomic E-state index is 10.2. The molecule has 0 atom stereocenters. The molecule has 16 heavy (non-hydrogen) atoms. The number of aliphatic imine (C=N–C) groups is 1. The van der Waals surface area contributed by atoms with Crippen LogP contribution >= 0.6 is 0 Å². The zero-order chi connectivity index (χ0) is 12.0. The molecule has 0 aliphatic carbocycles. The largest absolute Gasteiger partial charge is 0.455 e. The lowest BCUT2D eigenvalue weighted by atomic mass is 11.0. The van der Waals surface area contributed by atoms with E-state index in [1.807, 2.05) is 5.10 Å². The maximum atomic E-state index is 10.2. The molecule has 12 heteroatoms. The number of aromatic nitrogens is 3. The number of hydrogen-bond donors (Lipinski definition) is 3. The van der Waals surface area contributed by atoms with Crippen LogP contribution < -0.4 is 11.2 Å². The predicted molar refractivity (Wildman–Crippen MR) is 47.9 cm³/mol. The summed E-state index contributed by atoms with van der Waals surface area (Å²) in [6.45, 7) is 0. The minimum atomic E-state index is -0.773. The predicted octanol–water partition coefficient (Wildman–Crippen LogP) is -0.903. The molecule has 12 nitrogen and oxygen atoms in total. The van der Waals surface area contributed by atoms with Gasteiger partial charge in [0.2, 0.25) is 12.2 Å². The number of nitrogens with two attached hydrogens (primary N) is 1. The minimum absolute atomic E-state index is 0.260. The van der Waals surface area contributed by atoms with Crippen molar-refractivity contribution in [2.45, 2.75) is 0 Å². The zero-order valence-electron chi connectivity index (χ0n) is 7.52. The highest BCUT2D eigenvalue weighted by molar-refractivity contribution is 5.78. The van der Waals surface area contributed by atoms with E-state index < -0.39 is 10.9 Å². The van der Waals surface area contributed by atoms with Crippen molar-refractivity contribution in [1.29, 1.82) is 5.26 Å². The summed E-state index contributed by atoms with van der Waals surface area (Å²) in [5.74, 6) is -1.10. The molecule has 0 saturated carbocycles.